The van der Waals surface area contributed by atoms with Gasteiger partial charge < -0.3 is 40.8 Å². The number of carbonyl (C=O) groups is 5. The number of piperidine rings is 1. The van der Waals surface area contributed by atoms with Crippen molar-refractivity contribution >= 4 is 98.3 Å². The minimum Gasteiger partial charge on any atom is -0.503 e. The van der Waals surface area contributed by atoms with E-state index in [2.05, 4.69) is 15.5 Å². The topological polar surface area (TPSA) is 242 Å². The summed E-state index contributed by atoms with van der Waals surface area (Å²) in [6.07, 6.45) is 0.905. The summed E-state index contributed by atoms with van der Waals surface area (Å²) in [6.45, 7) is 3.50. The van der Waals surface area contributed by atoms with Gasteiger partial charge in [-0.25, -0.2) is 14.6 Å². The number of nitrogens with one attached hydrogen (secondary N) is 1. The lowest BCUT2D eigenvalue weighted by Crippen LogP contribution is -2.63. The van der Waals surface area contributed by atoms with Crippen molar-refractivity contribution in [3.05, 3.63) is 43.0 Å². The van der Waals surface area contributed by atoms with Crippen LogP contribution in [0.1, 0.15) is 48.7 Å². The van der Waals surface area contributed by atoms with Gasteiger partial charge in [-0.2, -0.15) is 0 Å². The van der Waals surface area contributed by atoms with Gasteiger partial charge in [0.25, 0.3) is 5.91 Å². The van der Waals surface area contributed by atoms with Crippen molar-refractivity contribution in [2.24, 2.45) is 11.1 Å². The molecule has 1 aromatic heterocycles. The number of aromatic hydroxyl groups is 2. The van der Waals surface area contributed by atoms with E-state index in [9.17, 15) is 44.4 Å². The maximum absolute atomic E-state index is 13.6. The minimum atomic E-state index is -1.41. The van der Waals surface area contributed by atoms with E-state index >= 15 is 0 Å². The standard InChI is InChI=1S/C31H33Cl3N6O10S2/c1-13(29(46)47)50-38-20(21-25(34)52-31(35)37-21)18(41)10-16-27(45)39-22(30(48)49)14(12-51-28(16)39)11-40(6-3-2-4-7-40)8-5-36-26(44)15-9-17(32)23(42)24(43)19(15)33/h9,13,16,28H,2-8,10-12H2,1H3,(H6-,35,36,37,38,41,42,43,44,46,47,48,49)/p+1/t13-,16+,28+/m0/s1. The second-order valence-electron chi connectivity index (χ2n) is 12.5. The number of carboxylic acid groups (broad SMARTS) is 2. The molecule has 280 valence electrons. The van der Waals surface area contributed by atoms with Crippen LogP contribution in [0.2, 0.25) is 14.4 Å². The van der Waals surface area contributed by atoms with Gasteiger partial charge in [-0.05, 0) is 32.3 Å². The van der Waals surface area contributed by atoms with Gasteiger partial charge in [-0.15, -0.1) is 11.8 Å². The number of nitrogen functional groups attached to an aromatic ring is 1. The van der Waals surface area contributed by atoms with Crippen LogP contribution in [0.4, 0.5) is 5.13 Å². The molecule has 2 amide bonds. The molecule has 2 aromatic rings. The number of oxime groups is 1. The number of nitrogens with two attached hydrogens (primary N) is 1. The molecule has 3 atom stereocenters. The monoisotopic (exact) mass is 819 g/mol. The number of phenolic OH excluding ortho intramolecular Hbond substituents is 2. The maximum atomic E-state index is 13.6. The number of quaternary nitrogens is 1. The third-order valence-electron chi connectivity index (χ3n) is 9.08. The number of thiazole rings is 1. The molecule has 3 aliphatic rings. The van der Waals surface area contributed by atoms with Gasteiger partial charge in [-0.3, -0.25) is 19.3 Å². The molecular weight excluding hydrogens is 787 g/mol. The van der Waals surface area contributed by atoms with Crippen molar-refractivity contribution in [2.45, 2.75) is 44.1 Å². The normalized spacial score (nSPS) is 20.5. The van der Waals surface area contributed by atoms with E-state index in [-0.39, 0.29) is 48.8 Å². The lowest BCUT2D eigenvalue weighted by molar-refractivity contribution is -0.927. The Balaban J connectivity index is 1.32. The Morgan fingerprint density at radius 1 is 1.15 bits per heavy atom. The fraction of sp³-hybridized carbons (Fsp3) is 0.452. The summed E-state index contributed by atoms with van der Waals surface area (Å²) in [4.78, 5) is 74.2. The van der Waals surface area contributed by atoms with Crippen molar-refractivity contribution in [3.63, 3.8) is 0 Å². The van der Waals surface area contributed by atoms with Gasteiger partial charge in [0.15, 0.2) is 28.1 Å². The van der Waals surface area contributed by atoms with Crippen molar-refractivity contribution in [3.8, 4) is 11.5 Å². The van der Waals surface area contributed by atoms with Crippen molar-refractivity contribution < 1.29 is 53.7 Å². The number of ketones is 1. The summed E-state index contributed by atoms with van der Waals surface area (Å²) in [6, 6.07) is 1.15. The first-order valence-electron chi connectivity index (χ1n) is 15.9. The first-order valence-corrected chi connectivity index (χ1v) is 18.9. The molecule has 3 aliphatic heterocycles. The number of rotatable bonds is 14. The quantitative estimate of drug-likeness (QED) is 0.0526. The number of hydrogen-bond acceptors (Lipinski definition) is 13. The van der Waals surface area contributed by atoms with Crippen molar-refractivity contribution in [1.82, 2.24) is 15.2 Å². The number of nitrogens with zero attached hydrogens (tertiary/aromatic N) is 4. The zero-order chi connectivity index (χ0) is 38.1. The highest BCUT2D eigenvalue weighted by molar-refractivity contribution is 8.00. The molecule has 0 radical (unpaired) electrons. The summed E-state index contributed by atoms with van der Waals surface area (Å²) in [7, 11) is 0. The highest BCUT2D eigenvalue weighted by Gasteiger charge is 2.55. The van der Waals surface area contributed by atoms with Gasteiger partial charge >= 0.3 is 11.9 Å². The predicted octanol–water partition coefficient (Wildman–Crippen LogP) is 3.55. The molecule has 52 heavy (non-hydrogen) atoms. The van der Waals surface area contributed by atoms with Crippen LogP contribution in [0.3, 0.4) is 0 Å². The molecule has 0 saturated carbocycles. The van der Waals surface area contributed by atoms with Crippen molar-refractivity contribution in [2.75, 3.05) is 44.2 Å². The molecule has 4 heterocycles. The van der Waals surface area contributed by atoms with Gasteiger partial charge in [-0.1, -0.05) is 51.3 Å². The van der Waals surface area contributed by atoms with E-state index < -0.39 is 70.6 Å². The SMILES string of the molecule is C[C@H](O/N=C(\C(=O)C[C@@H]1C(=O)N2C(C(=O)O)=C(C[N+]3(CCNC(=O)c4cc(Cl)c(O)c(O)c4Cl)CCCCC3)CS[C@H]12)c1nc(N)sc1Cl)C(=O)O. The molecule has 16 nitrogen and oxygen atoms in total. The number of aliphatic carboxylic acids is 2. The molecule has 7 N–H and O–H groups in total. The Kier molecular flexibility index (Phi) is 12.2. The predicted molar refractivity (Wildman–Crippen MR) is 193 cm³/mol. The van der Waals surface area contributed by atoms with E-state index in [1.54, 1.807) is 0 Å². The van der Waals surface area contributed by atoms with Crippen molar-refractivity contribution in [1.29, 1.82) is 0 Å². The average Bonchev–Trinajstić information content (AvgIpc) is 3.44. The number of carboxylic acids is 2. The molecule has 0 aliphatic carbocycles. The Morgan fingerprint density at radius 3 is 2.46 bits per heavy atom. The molecule has 0 spiro atoms. The van der Waals surface area contributed by atoms with Crippen LogP contribution >= 0.6 is 57.9 Å². The molecule has 1 aromatic carbocycles. The van der Waals surface area contributed by atoms with E-state index in [0.717, 1.165) is 36.7 Å². The number of benzene rings is 1. The largest absolute Gasteiger partial charge is 0.503 e. The number of β-lactam (4-membered cyclic amide) rings is 1. The zero-order valence-electron chi connectivity index (χ0n) is 27.4. The van der Waals surface area contributed by atoms with Crippen LogP contribution in [0.5, 0.6) is 11.5 Å². The summed E-state index contributed by atoms with van der Waals surface area (Å²) in [5.41, 5.74) is 5.48. The van der Waals surface area contributed by atoms with E-state index in [1.165, 1.54) is 23.6 Å². The number of thioether (sulfide) groups is 1. The summed E-state index contributed by atoms with van der Waals surface area (Å²) in [5, 5.41) is 44.6. The van der Waals surface area contributed by atoms with Crippen LogP contribution in [-0.2, 0) is 24.0 Å². The number of amides is 2. The Morgan fingerprint density at radius 2 is 1.85 bits per heavy atom. The average molecular weight is 821 g/mol. The minimum absolute atomic E-state index is 0.00713. The summed E-state index contributed by atoms with van der Waals surface area (Å²) in [5.74, 6) is -6.55. The van der Waals surface area contributed by atoms with Crippen LogP contribution in [0.25, 0.3) is 0 Å². The third kappa shape index (κ3) is 8.06. The summed E-state index contributed by atoms with van der Waals surface area (Å²) >= 11 is 20.4. The first kappa shape index (κ1) is 39.4. The Labute approximate surface area is 319 Å². The van der Waals surface area contributed by atoms with Gasteiger partial charge in [0.05, 0.1) is 53.1 Å². The number of halogens is 3. The second-order valence-corrected chi connectivity index (χ2v) is 16.0. The molecule has 2 saturated heterocycles. The van der Waals surface area contributed by atoms with Crippen LogP contribution in [-0.4, -0.2) is 120 Å². The second kappa shape index (κ2) is 16.1. The first-order chi connectivity index (χ1) is 24.5. The fourth-order valence-electron chi connectivity index (χ4n) is 6.42. The van der Waals surface area contributed by atoms with Gasteiger partial charge in [0, 0.05) is 17.7 Å². The number of aromatic nitrogens is 1. The molecule has 0 bridgehead atoms. The van der Waals surface area contributed by atoms with E-state index in [4.69, 9.17) is 45.4 Å². The highest BCUT2D eigenvalue weighted by atomic mass is 35.5. The number of likely N-dealkylation sites (tertiary alicyclic amines) is 1. The fourth-order valence-corrected chi connectivity index (χ4v) is 9.18. The van der Waals surface area contributed by atoms with Crippen LogP contribution in [0, 0.1) is 5.92 Å². The van der Waals surface area contributed by atoms with Crippen LogP contribution in [0.15, 0.2) is 22.5 Å². The molecule has 2 fully saturated rings. The van der Waals surface area contributed by atoms with Crippen LogP contribution < -0.4 is 11.1 Å². The van der Waals surface area contributed by atoms with Gasteiger partial charge in [0.1, 0.15) is 22.3 Å². The van der Waals surface area contributed by atoms with Gasteiger partial charge in [0.2, 0.25) is 12.0 Å². The Bertz CT molecular complexity index is 1880. The number of fused-ring (bicyclic) bond motifs is 1. The number of Topliss-reactive ketones (excluding diaryl/α,β-unsaturated/α-hetero) is 1. The lowest BCUT2D eigenvalue weighted by atomic mass is 9.89. The number of phenols is 2. The van der Waals surface area contributed by atoms with E-state index in [1.807, 2.05) is 0 Å². The smallest absolute Gasteiger partial charge is 0.352 e. The molecule has 21 heteroatoms. The third-order valence-corrected chi connectivity index (χ3v) is 12.2. The number of hydrogen-bond donors (Lipinski definition) is 6. The zero-order valence-corrected chi connectivity index (χ0v) is 31.3. The number of carbonyl (C=O) groups excluding carboxylic acids is 3. The number of anilines is 1. The van der Waals surface area contributed by atoms with E-state index in [0.29, 0.717) is 36.2 Å². The molecular formula is C31H34Cl3N6O10S2+. The Hall–Kier alpha value is -3.81. The highest BCUT2D eigenvalue weighted by Crippen LogP contribution is 2.46. The lowest BCUT2D eigenvalue weighted by Gasteiger charge is -2.50. The summed E-state index contributed by atoms with van der Waals surface area (Å²) < 4.78 is 0.455. The molecule has 0 unspecified atom stereocenters. The molecule has 5 rings (SSSR count). The maximum Gasteiger partial charge on any atom is 0.352 e.